The summed E-state index contributed by atoms with van der Waals surface area (Å²) in [4.78, 5) is 4.47. The van der Waals surface area contributed by atoms with Crippen molar-refractivity contribution in [3.05, 3.63) is 18.2 Å². The number of nitrogens with two attached hydrogens (primary N) is 1. The predicted octanol–water partition coefficient (Wildman–Crippen LogP) is 2.92. The second-order valence-corrected chi connectivity index (χ2v) is 7.95. The summed E-state index contributed by atoms with van der Waals surface area (Å²) >= 11 is 4.07. The standard InChI is InChI=1S/C13H23N3S2/c1-4-6-16-7-5-15-13(16)12(14)11-8-17-9(2)10(3)18-11/h5,7,9-12H,4,6,8,14H2,1-3H3. The van der Waals surface area contributed by atoms with Crippen LogP contribution in [0.1, 0.15) is 39.1 Å². The van der Waals surface area contributed by atoms with Crippen LogP contribution >= 0.6 is 23.5 Å². The monoisotopic (exact) mass is 285 g/mol. The van der Waals surface area contributed by atoms with Crippen molar-refractivity contribution >= 4 is 23.5 Å². The lowest BCUT2D eigenvalue weighted by molar-refractivity contribution is 0.572. The molecular weight excluding hydrogens is 262 g/mol. The summed E-state index contributed by atoms with van der Waals surface area (Å²) < 4.78 is 2.21. The first kappa shape index (κ1) is 14.3. The topological polar surface area (TPSA) is 43.8 Å². The zero-order chi connectivity index (χ0) is 13.1. The van der Waals surface area contributed by atoms with E-state index >= 15 is 0 Å². The number of aromatic nitrogens is 2. The van der Waals surface area contributed by atoms with Crippen LogP contribution in [0.5, 0.6) is 0 Å². The molecule has 102 valence electrons. The van der Waals surface area contributed by atoms with Gasteiger partial charge in [0.2, 0.25) is 0 Å². The molecule has 1 aromatic heterocycles. The van der Waals surface area contributed by atoms with Gasteiger partial charge in [-0.3, -0.25) is 0 Å². The van der Waals surface area contributed by atoms with Crippen LogP contribution in [0.15, 0.2) is 12.4 Å². The minimum atomic E-state index is 0.0546. The van der Waals surface area contributed by atoms with E-state index in [1.54, 1.807) is 0 Å². The Morgan fingerprint density at radius 1 is 1.50 bits per heavy atom. The van der Waals surface area contributed by atoms with Gasteiger partial charge in [-0.2, -0.15) is 23.5 Å². The van der Waals surface area contributed by atoms with Gasteiger partial charge in [-0.1, -0.05) is 20.8 Å². The van der Waals surface area contributed by atoms with E-state index in [-0.39, 0.29) is 6.04 Å². The fraction of sp³-hybridized carbons (Fsp3) is 0.769. The first-order valence-corrected chi connectivity index (χ1v) is 8.66. The predicted molar refractivity (Wildman–Crippen MR) is 82.2 cm³/mol. The van der Waals surface area contributed by atoms with Crippen molar-refractivity contribution in [2.45, 2.75) is 55.5 Å². The number of nitrogens with zero attached hydrogens (tertiary/aromatic N) is 2. The second-order valence-electron chi connectivity index (χ2n) is 4.92. The molecule has 18 heavy (non-hydrogen) atoms. The third-order valence-electron chi connectivity index (χ3n) is 3.48. The van der Waals surface area contributed by atoms with E-state index in [4.69, 9.17) is 5.73 Å². The second kappa shape index (κ2) is 6.35. The Morgan fingerprint density at radius 2 is 2.28 bits per heavy atom. The zero-order valence-corrected chi connectivity index (χ0v) is 13.0. The molecular formula is C13H23N3S2. The molecule has 1 saturated heterocycles. The molecule has 1 aliphatic rings. The molecule has 0 bridgehead atoms. The number of thioether (sulfide) groups is 2. The summed E-state index contributed by atoms with van der Waals surface area (Å²) in [6, 6.07) is 0.0546. The Bertz CT molecular complexity index is 380. The lowest BCUT2D eigenvalue weighted by Gasteiger charge is -2.34. The summed E-state index contributed by atoms with van der Waals surface area (Å²) in [7, 11) is 0. The normalized spacial score (nSPS) is 30.3. The number of imidazole rings is 1. The fourth-order valence-electron chi connectivity index (χ4n) is 2.21. The lowest BCUT2D eigenvalue weighted by atomic mass is 10.2. The van der Waals surface area contributed by atoms with Crippen molar-refractivity contribution in [3.8, 4) is 0 Å². The minimum Gasteiger partial charge on any atom is -0.334 e. The van der Waals surface area contributed by atoms with Gasteiger partial charge >= 0.3 is 0 Å². The SMILES string of the molecule is CCCn1ccnc1C(N)C1CSC(C)C(C)S1. The number of hydrogen-bond donors (Lipinski definition) is 1. The maximum Gasteiger partial charge on any atom is 0.126 e. The molecule has 5 heteroatoms. The summed E-state index contributed by atoms with van der Waals surface area (Å²) in [5, 5.41) is 1.89. The minimum absolute atomic E-state index is 0.0546. The first-order chi connectivity index (χ1) is 8.63. The molecule has 0 radical (unpaired) electrons. The van der Waals surface area contributed by atoms with E-state index in [1.165, 1.54) is 0 Å². The molecule has 2 N–H and O–H groups in total. The molecule has 2 rings (SSSR count). The van der Waals surface area contributed by atoms with Crippen LogP contribution in [0.2, 0.25) is 0 Å². The van der Waals surface area contributed by atoms with Gasteiger partial charge < -0.3 is 10.3 Å². The Morgan fingerprint density at radius 3 is 2.94 bits per heavy atom. The molecule has 3 nitrogen and oxygen atoms in total. The molecule has 0 amide bonds. The highest BCUT2D eigenvalue weighted by atomic mass is 32.2. The maximum atomic E-state index is 6.44. The van der Waals surface area contributed by atoms with Crippen LogP contribution in [0.3, 0.4) is 0 Å². The Labute approximate surface area is 118 Å². The highest BCUT2D eigenvalue weighted by Crippen LogP contribution is 2.39. The third kappa shape index (κ3) is 3.06. The maximum absolute atomic E-state index is 6.44. The smallest absolute Gasteiger partial charge is 0.126 e. The van der Waals surface area contributed by atoms with E-state index in [1.807, 2.05) is 35.9 Å². The van der Waals surface area contributed by atoms with Crippen LogP contribution in [0.25, 0.3) is 0 Å². The van der Waals surface area contributed by atoms with Crippen LogP contribution in [0, 0.1) is 0 Å². The molecule has 1 fully saturated rings. The van der Waals surface area contributed by atoms with Crippen LogP contribution < -0.4 is 5.73 Å². The molecule has 0 aliphatic carbocycles. The molecule has 2 heterocycles. The van der Waals surface area contributed by atoms with Crippen LogP contribution in [-0.2, 0) is 6.54 Å². The van der Waals surface area contributed by atoms with Crippen molar-refractivity contribution < 1.29 is 0 Å². The average molecular weight is 285 g/mol. The molecule has 0 saturated carbocycles. The van der Waals surface area contributed by atoms with Gasteiger partial charge in [-0.15, -0.1) is 0 Å². The van der Waals surface area contributed by atoms with Gasteiger partial charge in [-0.25, -0.2) is 4.98 Å². The molecule has 0 aromatic carbocycles. The average Bonchev–Trinajstić information content (AvgIpc) is 2.80. The van der Waals surface area contributed by atoms with Gasteiger partial charge in [0.25, 0.3) is 0 Å². The summed E-state index contributed by atoms with van der Waals surface area (Å²) in [5.41, 5.74) is 6.44. The van der Waals surface area contributed by atoms with E-state index in [0.717, 1.165) is 29.8 Å². The fourth-order valence-corrected chi connectivity index (χ4v) is 5.22. The highest BCUT2D eigenvalue weighted by molar-refractivity contribution is 8.07. The molecule has 1 aromatic rings. The molecule has 4 unspecified atom stereocenters. The van der Waals surface area contributed by atoms with Gasteiger partial charge in [0.1, 0.15) is 5.82 Å². The van der Waals surface area contributed by atoms with Gasteiger partial charge in [0.05, 0.1) is 6.04 Å². The Balaban J connectivity index is 2.06. The lowest BCUT2D eigenvalue weighted by Crippen LogP contribution is -2.35. The van der Waals surface area contributed by atoms with Crippen molar-refractivity contribution in [2.24, 2.45) is 5.73 Å². The number of rotatable bonds is 4. The number of aryl methyl sites for hydroxylation is 1. The molecule has 0 spiro atoms. The van der Waals surface area contributed by atoms with E-state index in [0.29, 0.717) is 10.5 Å². The van der Waals surface area contributed by atoms with E-state index in [2.05, 4.69) is 30.3 Å². The van der Waals surface area contributed by atoms with Crippen molar-refractivity contribution in [1.29, 1.82) is 0 Å². The van der Waals surface area contributed by atoms with Crippen LogP contribution in [-0.4, -0.2) is 31.1 Å². The summed E-state index contributed by atoms with van der Waals surface area (Å²) in [6.45, 7) is 7.81. The Kier molecular flexibility index (Phi) is 5.04. The van der Waals surface area contributed by atoms with E-state index < -0.39 is 0 Å². The van der Waals surface area contributed by atoms with Crippen molar-refractivity contribution in [2.75, 3.05) is 5.75 Å². The van der Waals surface area contributed by atoms with Crippen molar-refractivity contribution in [3.63, 3.8) is 0 Å². The zero-order valence-electron chi connectivity index (χ0n) is 11.4. The summed E-state index contributed by atoms with van der Waals surface area (Å²) in [6.07, 6.45) is 5.04. The van der Waals surface area contributed by atoms with E-state index in [9.17, 15) is 0 Å². The summed E-state index contributed by atoms with van der Waals surface area (Å²) in [5.74, 6) is 2.19. The van der Waals surface area contributed by atoms with Crippen molar-refractivity contribution in [1.82, 2.24) is 9.55 Å². The highest BCUT2D eigenvalue weighted by Gasteiger charge is 2.31. The quantitative estimate of drug-likeness (QED) is 0.924. The largest absolute Gasteiger partial charge is 0.334 e. The first-order valence-electron chi connectivity index (χ1n) is 6.67. The number of hydrogen-bond acceptors (Lipinski definition) is 4. The van der Waals surface area contributed by atoms with Gasteiger partial charge in [0.15, 0.2) is 0 Å². The molecule has 4 atom stereocenters. The Hall–Kier alpha value is -0.130. The van der Waals surface area contributed by atoms with Gasteiger partial charge in [0, 0.05) is 40.4 Å². The van der Waals surface area contributed by atoms with Crippen LogP contribution in [0.4, 0.5) is 0 Å². The molecule has 1 aliphatic heterocycles. The van der Waals surface area contributed by atoms with Gasteiger partial charge in [-0.05, 0) is 6.42 Å². The third-order valence-corrected chi connectivity index (χ3v) is 7.00.